The molecule has 0 aliphatic carbocycles. The molecule has 0 aliphatic rings. The Morgan fingerprint density at radius 2 is 2.06 bits per heavy atom. The van der Waals surface area contributed by atoms with Crippen molar-refractivity contribution in [3.63, 3.8) is 0 Å². The van der Waals surface area contributed by atoms with Crippen LogP contribution in [-0.4, -0.2) is 16.1 Å². The van der Waals surface area contributed by atoms with Crippen molar-refractivity contribution in [1.82, 2.24) is 14.9 Å². The predicted molar refractivity (Wildman–Crippen MR) is 74.6 cm³/mol. The van der Waals surface area contributed by atoms with Crippen molar-refractivity contribution in [3.8, 4) is 0 Å². The molecule has 3 nitrogen and oxygen atoms in total. The van der Waals surface area contributed by atoms with Gasteiger partial charge in [-0.3, -0.25) is 0 Å². The Balaban J connectivity index is 2.24. The summed E-state index contributed by atoms with van der Waals surface area (Å²) in [5.41, 5.74) is 2.70. The molecule has 0 fully saturated rings. The average Bonchev–Trinajstić information content (AvgIpc) is 2.75. The van der Waals surface area contributed by atoms with E-state index in [2.05, 4.69) is 53.0 Å². The molecule has 96 valence electrons. The molecule has 0 amide bonds. The van der Waals surface area contributed by atoms with Crippen LogP contribution in [0, 0.1) is 13.8 Å². The number of nitrogens with one attached hydrogen (secondary N) is 1. The van der Waals surface area contributed by atoms with E-state index in [0.717, 1.165) is 18.9 Å². The van der Waals surface area contributed by atoms with Crippen molar-refractivity contribution in [1.29, 1.82) is 0 Å². The van der Waals surface area contributed by atoms with E-state index >= 15 is 0 Å². The molecule has 18 heavy (non-hydrogen) atoms. The molecule has 0 radical (unpaired) electrons. The van der Waals surface area contributed by atoms with Crippen LogP contribution in [0.4, 0.5) is 0 Å². The van der Waals surface area contributed by atoms with Crippen molar-refractivity contribution in [2.45, 2.75) is 33.4 Å². The molecular formula is C15H21N3. The average molecular weight is 243 g/mol. The van der Waals surface area contributed by atoms with Crippen LogP contribution < -0.4 is 5.32 Å². The zero-order valence-corrected chi connectivity index (χ0v) is 11.4. The van der Waals surface area contributed by atoms with Gasteiger partial charge in [-0.2, -0.15) is 0 Å². The first kappa shape index (κ1) is 12.8. The van der Waals surface area contributed by atoms with E-state index in [0.29, 0.717) is 6.04 Å². The second kappa shape index (κ2) is 5.83. The maximum absolute atomic E-state index is 4.28. The Morgan fingerprint density at radius 3 is 2.67 bits per heavy atom. The lowest BCUT2D eigenvalue weighted by Gasteiger charge is -2.21. The number of likely N-dealkylation sites (N-methyl/N-ethyl adjacent to an activating group) is 1. The van der Waals surface area contributed by atoms with Crippen molar-refractivity contribution in [3.05, 3.63) is 53.6 Å². The first-order chi connectivity index (χ1) is 8.72. The summed E-state index contributed by atoms with van der Waals surface area (Å²) in [6.45, 7) is 8.24. The summed E-state index contributed by atoms with van der Waals surface area (Å²) in [6.07, 6.45) is 3.90. The van der Waals surface area contributed by atoms with Crippen molar-refractivity contribution < 1.29 is 0 Å². The number of aromatic nitrogens is 2. The largest absolute Gasteiger partial charge is 0.333 e. The minimum absolute atomic E-state index is 0.337. The van der Waals surface area contributed by atoms with Crippen molar-refractivity contribution in [2.24, 2.45) is 0 Å². The minimum atomic E-state index is 0.337. The van der Waals surface area contributed by atoms with E-state index in [-0.39, 0.29) is 0 Å². The molecule has 2 aromatic rings. The van der Waals surface area contributed by atoms with Gasteiger partial charge in [-0.1, -0.05) is 31.2 Å². The molecule has 1 unspecified atom stereocenters. The molecule has 3 heteroatoms. The summed E-state index contributed by atoms with van der Waals surface area (Å²) in [5, 5.41) is 3.56. The van der Waals surface area contributed by atoms with Crippen LogP contribution in [0.1, 0.15) is 29.9 Å². The summed E-state index contributed by atoms with van der Waals surface area (Å²) in [4.78, 5) is 4.28. The number of hydrogen-bond acceptors (Lipinski definition) is 2. The molecule has 1 aromatic carbocycles. The first-order valence-electron chi connectivity index (χ1n) is 6.49. The Labute approximate surface area is 109 Å². The number of benzene rings is 1. The van der Waals surface area contributed by atoms with E-state index < -0.39 is 0 Å². The number of imidazole rings is 1. The second-order valence-electron chi connectivity index (χ2n) is 4.59. The van der Waals surface area contributed by atoms with E-state index in [1.54, 1.807) is 0 Å². The second-order valence-corrected chi connectivity index (χ2v) is 4.59. The maximum Gasteiger partial charge on any atom is 0.105 e. The van der Waals surface area contributed by atoms with Gasteiger partial charge in [-0.05, 0) is 31.5 Å². The monoisotopic (exact) mass is 243 g/mol. The fourth-order valence-electron chi connectivity index (χ4n) is 2.29. The van der Waals surface area contributed by atoms with Gasteiger partial charge in [-0.15, -0.1) is 0 Å². The lowest BCUT2D eigenvalue weighted by molar-refractivity contribution is 0.467. The van der Waals surface area contributed by atoms with E-state index in [1.165, 1.54) is 11.1 Å². The zero-order valence-electron chi connectivity index (χ0n) is 11.4. The van der Waals surface area contributed by atoms with Gasteiger partial charge in [0.05, 0.1) is 6.04 Å². The molecule has 0 bridgehead atoms. The van der Waals surface area contributed by atoms with E-state index in [4.69, 9.17) is 0 Å². The van der Waals surface area contributed by atoms with Gasteiger partial charge in [0, 0.05) is 18.9 Å². The molecule has 1 atom stereocenters. The molecule has 1 aromatic heterocycles. The predicted octanol–water partition coefficient (Wildman–Crippen LogP) is 2.85. The Kier molecular flexibility index (Phi) is 4.15. The summed E-state index contributed by atoms with van der Waals surface area (Å²) in [6, 6.07) is 8.90. The summed E-state index contributed by atoms with van der Waals surface area (Å²) >= 11 is 0. The standard InChI is InChI=1S/C15H21N3/c1-4-16-15(11-18-10-9-17-13(18)3)14-8-6-5-7-12(14)2/h5-10,15-16H,4,11H2,1-3H3. The molecule has 1 N–H and O–H groups in total. The van der Waals surface area contributed by atoms with Crippen molar-refractivity contribution in [2.75, 3.05) is 6.54 Å². The fourth-order valence-corrected chi connectivity index (χ4v) is 2.29. The van der Waals surface area contributed by atoms with Gasteiger partial charge in [0.1, 0.15) is 5.82 Å². The third-order valence-electron chi connectivity index (χ3n) is 3.32. The van der Waals surface area contributed by atoms with Crippen LogP contribution >= 0.6 is 0 Å². The highest BCUT2D eigenvalue weighted by molar-refractivity contribution is 5.28. The Morgan fingerprint density at radius 1 is 1.28 bits per heavy atom. The summed E-state index contributed by atoms with van der Waals surface area (Å²) in [7, 11) is 0. The Bertz CT molecular complexity index is 502. The van der Waals surface area contributed by atoms with Gasteiger partial charge in [0.2, 0.25) is 0 Å². The Hall–Kier alpha value is -1.61. The van der Waals surface area contributed by atoms with Crippen LogP contribution in [0.25, 0.3) is 0 Å². The molecule has 1 heterocycles. The maximum atomic E-state index is 4.28. The fraction of sp³-hybridized carbons (Fsp3) is 0.400. The quantitative estimate of drug-likeness (QED) is 0.875. The normalized spacial score (nSPS) is 12.6. The van der Waals surface area contributed by atoms with Crippen LogP contribution in [-0.2, 0) is 6.54 Å². The van der Waals surface area contributed by atoms with E-state index in [9.17, 15) is 0 Å². The van der Waals surface area contributed by atoms with Crippen LogP contribution in [0.3, 0.4) is 0 Å². The molecule has 0 saturated carbocycles. The van der Waals surface area contributed by atoms with Crippen molar-refractivity contribution >= 4 is 0 Å². The number of nitrogens with zero attached hydrogens (tertiary/aromatic N) is 2. The molecule has 0 spiro atoms. The topological polar surface area (TPSA) is 29.9 Å². The van der Waals surface area contributed by atoms with Gasteiger partial charge in [-0.25, -0.2) is 4.98 Å². The minimum Gasteiger partial charge on any atom is -0.333 e. The first-order valence-corrected chi connectivity index (χ1v) is 6.49. The summed E-state index contributed by atoms with van der Waals surface area (Å²) in [5.74, 6) is 1.06. The van der Waals surface area contributed by atoms with Crippen LogP contribution in [0.15, 0.2) is 36.7 Å². The lowest BCUT2D eigenvalue weighted by atomic mass is 10.0. The SMILES string of the molecule is CCNC(Cn1ccnc1C)c1ccccc1C. The van der Waals surface area contributed by atoms with Crippen LogP contribution in [0.2, 0.25) is 0 Å². The summed E-state index contributed by atoms with van der Waals surface area (Å²) < 4.78 is 2.19. The van der Waals surface area contributed by atoms with Gasteiger partial charge in [0.15, 0.2) is 0 Å². The van der Waals surface area contributed by atoms with Gasteiger partial charge < -0.3 is 9.88 Å². The molecular weight excluding hydrogens is 222 g/mol. The highest BCUT2D eigenvalue weighted by Gasteiger charge is 2.13. The highest BCUT2D eigenvalue weighted by Crippen LogP contribution is 2.19. The van der Waals surface area contributed by atoms with Gasteiger partial charge in [0.25, 0.3) is 0 Å². The van der Waals surface area contributed by atoms with Gasteiger partial charge >= 0.3 is 0 Å². The lowest BCUT2D eigenvalue weighted by Crippen LogP contribution is -2.26. The number of rotatable bonds is 5. The third-order valence-corrected chi connectivity index (χ3v) is 3.32. The third kappa shape index (κ3) is 2.79. The number of hydrogen-bond donors (Lipinski definition) is 1. The van der Waals surface area contributed by atoms with Crippen LogP contribution in [0.5, 0.6) is 0 Å². The molecule has 0 aliphatic heterocycles. The smallest absolute Gasteiger partial charge is 0.105 e. The highest BCUT2D eigenvalue weighted by atomic mass is 15.1. The number of aryl methyl sites for hydroxylation is 2. The van der Waals surface area contributed by atoms with E-state index in [1.807, 2.05) is 19.3 Å². The zero-order chi connectivity index (χ0) is 13.0. The molecule has 0 saturated heterocycles. The molecule has 2 rings (SSSR count).